The highest BCUT2D eigenvalue weighted by molar-refractivity contribution is 7.16. The monoisotopic (exact) mass is 408 g/mol. The Balaban J connectivity index is 1.39. The normalized spacial score (nSPS) is 11.3. The van der Waals surface area contributed by atoms with Crippen molar-refractivity contribution in [2.24, 2.45) is 0 Å². The van der Waals surface area contributed by atoms with Crippen molar-refractivity contribution in [3.05, 3.63) is 63.8 Å². The summed E-state index contributed by atoms with van der Waals surface area (Å²) in [4.78, 5) is 34.8. The van der Waals surface area contributed by atoms with E-state index in [1.165, 1.54) is 22.2 Å². The van der Waals surface area contributed by atoms with E-state index in [1.807, 2.05) is 41.1 Å². The Labute approximate surface area is 165 Å². The van der Waals surface area contributed by atoms with Crippen LogP contribution in [0.15, 0.2) is 62.7 Å². The first-order chi connectivity index (χ1) is 13.7. The number of furan rings is 1. The lowest BCUT2D eigenvalue weighted by atomic mass is 10.2. The summed E-state index contributed by atoms with van der Waals surface area (Å²) in [6, 6.07) is 11.2. The van der Waals surface area contributed by atoms with Gasteiger partial charge in [-0.25, -0.2) is 9.97 Å². The Morgan fingerprint density at radius 3 is 2.93 bits per heavy atom. The van der Waals surface area contributed by atoms with Crippen LogP contribution in [0.3, 0.4) is 0 Å². The van der Waals surface area contributed by atoms with E-state index in [9.17, 15) is 9.59 Å². The molecule has 0 radical (unpaired) electrons. The number of para-hydroxylation sites is 1. The van der Waals surface area contributed by atoms with Gasteiger partial charge in [0, 0.05) is 10.8 Å². The third-order valence-electron chi connectivity index (χ3n) is 4.19. The second kappa shape index (κ2) is 6.70. The molecule has 0 aliphatic heterocycles. The van der Waals surface area contributed by atoms with Crippen LogP contribution in [0, 0.1) is 0 Å². The molecule has 0 aliphatic carbocycles. The summed E-state index contributed by atoms with van der Waals surface area (Å²) in [5.74, 6) is -0.355. The molecule has 0 unspecified atom stereocenters. The maximum absolute atomic E-state index is 12.7. The molecule has 0 fully saturated rings. The van der Waals surface area contributed by atoms with Gasteiger partial charge in [-0.2, -0.15) is 0 Å². The molecule has 0 saturated carbocycles. The summed E-state index contributed by atoms with van der Waals surface area (Å²) in [6.07, 6.45) is 1.37. The van der Waals surface area contributed by atoms with Crippen LogP contribution < -0.4 is 10.9 Å². The summed E-state index contributed by atoms with van der Waals surface area (Å²) in [5, 5.41) is 7.85. The molecule has 4 heterocycles. The molecule has 1 amide bonds. The summed E-state index contributed by atoms with van der Waals surface area (Å²) in [6.45, 7) is -0.174. The molecule has 5 aromatic rings. The lowest BCUT2D eigenvalue weighted by molar-refractivity contribution is -0.116. The van der Waals surface area contributed by atoms with E-state index in [2.05, 4.69) is 15.3 Å². The Hall–Kier alpha value is -3.30. The molecule has 0 saturated heterocycles. The Morgan fingerprint density at radius 1 is 1.18 bits per heavy atom. The second-order valence-corrected chi connectivity index (χ2v) is 7.82. The minimum atomic E-state index is -0.394. The molecule has 4 aromatic heterocycles. The van der Waals surface area contributed by atoms with Gasteiger partial charge in [0.25, 0.3) is 5.56 Å². The number of aromatic nitrogens is 3. The number of thiazole rings is 1. The number of hydrogen-bond donors (Lipinski definition) is 1. The Bertz CT molecular complexity index is 1370. The van der Waals surface area contributed by atoms with Crippen molar-refractivity contribution in [2.75, 3.05) is 5.32 Å². The average molecular weight is 408 g/mol. The highest BCUT2D eigenvalue weighted by Crippen LogP contribution is 2.28. The first-order valence-corrected chi connectivity index (χ1v) is 10.1. The zero-order chi connectivity index (χ0) is 19.1. The van der Waals surface area contributed by atoms with E-state index >= 15 is 0 Å². The number of hydrogen-bond acceptors (Lipinski definition) is 7. The molecule has 5 rings (SSSR count). The zero-order valence-electron chi connectivity index (χ0n) is 14.3. The number of fused-ring (bicyclic) bond motifs is 3. The topological polar surface area (TPSA) is 90.0 Å². The van der Waals surface area contributed by atoms with E-state index in [0.717, 1.165) is 16.0 Å². The molecule has 0 aliphatic rings. The number of nitrogens with one attached hydrogen (secondary N) is 1. The fourth-order valence-corrected chi connectivity index (χ4v) is 4.40. The van der Waals surface area contributed by atoms with Gasteiger partial charge in [0.15, 0.2) is 5.13 Å². The van der Waals surface area contributed by atoms with E-state index in [0.29, 0.717) is 16.2 Å². The predicted octanol–water partition coefficient (Wildman–Crippen LogP) is 3.97. The van der Waals surface area contributed by atoms with Crippen LogP contribution >= 0.6 is 22.7 Å². The van der Waals surface area contributed by atoms with Gasteiger partial charge in [-0.1, -0.05) is 18.2 Å². The third-order valence-corrected chi connectivity index (χ3v) is 5.84. The van der Waals surface area contributed by atoms with Gasteiger partial charge < -0.3 is 9.73 Å². The number of nitrogens with zero attached hydrogens (tertiary/aromatic N) is 3. The smallest absolute Gasteiger partial charge is 0.297 e. The van der Waals surface area contributed by atoms with Gasteiger partial charge in [-0.05, 0) is 23.6 Å². The van der Waals surface area contributed by atoms with E-state index in [1.54, 1.807) is 17.4 Å². The SMILES string of the molecule is O=C(Cn1cnc2c(oc3ccccc32)c1=O)Nc1nc(-c2cccs2)cs1. The van der Waals surface area contributed by atoms with Crippen molar-refractivity contribution in [3.63, 3.8) is 0 Å². The number of anilines is 1. The van der Waals surface area contributed by atoms with Crippen LogP contribution in [0.25, 0.3) is 32.6 Å². The van der Waals surface area contributed by atoms with Crippen LogP contribution in [0.5, 0.6) is 0 Å². The van der Waals surface area contributed by atoms with E-state index < -0.39 is 5.56 Å². The second-order valence-electron chi connectivity index (χ2n) is 6.02. The molecule has 1 aromatic carbocycles. The molecule has 0 bridgehead atoms. The van der Waals surface area contributed by atoms with Crippen molar-refractivity contribution < 1.29 is 9.21 Å². The Kier molecular flexibility index (Phi) is 4.03. The van der Waals surface area contributed by atoms with Gasteiger partial charge in [-0.15, -0.1) is 22.7 Å². The molecule has 1 N–H and O–H groups in total. The first kappa shape index (κ1) is 16.8. The quantitative estimate of drug-likeness (QED) is 0.486. The first-order valence-electron chi connectivity index (χ1n) is 8.35. The number of rotatable bonds is 4. The van der Waals surface area contributed by atoms with Gasteiger partial charge in [0.05, 0.1) is 16.9 Å². The average Bonchev–Trinajstić information content (AvgIpc) is 3.43. The Morgan fingerprint density at radius 2 is 2.07 bits per heavy atom. The lowest BCUT2D eigenvalue weighted by Crippen LogP contribution is -2.27. The minimum absolute atomic E-state index is 0.144. The van der Waals surface area contributed by atoms with Crippen molar-refractivity contribution >= 4 is 55.8 Å². The zero-order valence-corrected chi connectivity index (χ0v) is 15.9. The lowest BCUT2D eigenvalue weighted by Gasteiger charge is -2.04. The maximum Gasteiger partial charge on any atom is 0.297 e. The van der Waals surface area contributed by atoms with Crippen molar-refractivity contribution in [3.8, 4) is 10.6 Å². The highest BCUT2D eigenvalue weighted by Gasteiger charge is 2.15. The van der Waals surface area contributed by atoms with Crippen LogP contribution in [0.4, 0.5) is 5.13 Å². The van der Waals surface area contributed by atoms with E-state index in [4.69, 9.17) is 4.42 Å². The molecule has 0 spiro atoms. The van der Waals surface area contributed by atoms with Gasteiger partial charge in [0.1, 0.15) is 17.6 Å². The van der Waals surface area contributed by atoms with Crippen LogP contribution in [0.1, 0.15) is 0 Å². The molecule has 0 atom stereocenters. The number of amides is 1. The van der Waals surface area contributed by atoms with Crippen LogP contribution in [-0.2, 0) is 11.3 Å². The number of benzene rings is 1. The van der Waals surface area contributed by atoms with Crippen LogP contribution in [-0.4, -0.2) is 20.4 Å². The number of carbonyl (C=O) groups excluding carboxylic acids is 1. The van der Waals surface area contributed by atoms with Gasteiger partial charge in [-0.3, -0.25) is 14.2 Å². The molecule has 9 heteroatoms. The number of thiophene rings is 1. The molecular weight excluding hydrogens is 396 g/mol. The predicted molar refractivity (Wildman–Crippen MR) is 110 cm³/mol. The number of carbonyl (C=O) groups is 1. The molecule has 28 heavy (non-hydrogen) atoms. The van der Waals surface area contributed by atoms with Crippen molar-refractivity contribution in [1.82, 2.24) is 14.5 Å². The van der Waals surface area contributed by atoms with Gasteiger partial charge in [0.2, 0.25) is 11.5 Å². The largest absolute Gasteiger partial charge is 0.448 e. The fourth-order valence-electron chi connectivity index (χ4n) is 2.91. The standard InChI is InChI=1S/C19H12N4O3S2/c24-15(22-19-21-12(9-28-19)14-6-3-7-27-14)8-23-10-20-16-11-4-1-2-5-13(11)26-17(16)18(23)25/h1-7,9-10H,8H2,(H,21,22,24). The molecular formula is C19H12N4O3S2. The fraction of sp³-hybridized carbons (Fsp3) is 0.0526. The summed E-state index contributed by atoms with van der Waals surface area (Å²) >= 11 is 2.92. The van der Waals surface area contributed by atoms with Crippen molar-refractivity contribution in [2.45, 2.75) is 6.54 Å². The molecule has 7 nitrogen and oxygen atoms in total. The third kappa shape index (κ3) is 2.90. The maximum atomic E-state index is 12.7. The van der Waals surface area contributed by atoms with Crippen molar-refractivity contribution in [1.29, 1.82) is 0 Å². The minimum Gasteiger partial charge on any atom is -0.448 e. The summed E-state index contributed by atoms with van der Waals surface area (Å²) in [5.41, 5.74) is 1.66. The summed E-state index contributed by atoms with van der Waals surface area (Å²) in [7, 11) is 0. The van der Waals surface area contributed by atoms with Crippen LogP contribution in [0.2, 0.25) is 0 Å². The molecule has 138 valence electrons. The highest BCUT2D eigenvalue weighted by atomic mass is 32.1. The van der Waals surface area contributed by atoms with E-state index in [-0.39, 0.29) is 18.0 Å². The summed E-state index contributed by atoms with van der Waals surface area (Å²) < 4.78 is 6.86. The van der Waals surface area contributed by atoms with Gasteiger partial charge >= 0.3 is 0 Å².